The number of hydrogen-bond acceptors (Lipinski definition) is 12. The molecule has 0 saturated carbocycles. The molecule has 4 N–H and O–H groups in total. The largest absolute Gasteiger partial charge is 2.00 e. The number of aromatic nitrogens is 3. The van der Waals surface area contributed by atoms with Crippen LogP contribution in [0.3, 0.4) is 0 Å². The molecule has 0 spiro atoms. The molecular formula is C29H44MoN4O10. The maximum atomic E-state index is 11.7. The Morgan fingerprint density at radius 2 is 1.77 bits per heavy atom. The van der Waals surface area contributed by atoms with Crippen LogP contribution in [0.15, 0.2) is 24.4 Å². The van der Waals surface area contributed by atoms with Gasteiger partial charge < -0.3 is 39.4 Å². The molecule has 1 aliphatic rings. The van der Waals surface area contributed by atoms with E-state index >= 15 is 0 Å². The number of benzene rings is 1. The van der Waals surface area contributed by atoms with Crippen molar-refractivity contribution in [2.24, 2.45) is 10.8 Å². The second kappa shape index (κ2) is 17.9. The van der Waals surface area contributed by atoms with Gasteiger partial charge in [0.25, 0.3) is 5.69 Å². The summed E-state index contributed by atoms with van der Waals surface area (Å²) in [7, 11) is 0. The predicted octanol–water partition coefficient (Wildman–Crippen LogP) is 1.75. The first-order valence-electron chi connectivity index (χ1n) is 14.0. The van der Waals surface area contributed by atoms with E-state index < -0.39 is 42.2 Å². The number of nitro groups is 1. The van der Waals surface area contributed by atoms with Crippen molar-refractivity contribution in [1.82, 2.24) is 15.0 Å². The first-order chi connectivity index (χ1) is 20.2. The van der Waals surface area contributed by atoms with Crippen LogP contribution in [0.5, 0.6) is 5.75 Å². The summed E-state index contributed by atoms with van der Waals surface area (Å²) in [5.41, 5.74) is 0.812. The van der Waals surface area contributed by atoms with Crippen molar-refractivity contribution in [2.75, 3.05) is 19.8 Å². The molecule has 0 amide bonds. The van der Waals surface area contributed by atoms with E-state index in [9.17, 15) is 30.5 Å². The van der Waals surface area contributed by atoms with Gasteiger partial charge in [-0.15, -0.1) is 5.10 Å². The third kappa shape index (κ3) is 11.8. The van der Waals surface area contributed by atoms with E-state index in [1.54, 1.807) is 17.2 Å². The first-order valence-corrected chi connectivity index (χ1v) is 14.0. The average molecular weight is 705 g/mol. The SMILES string of the molecule is CCC(C)(C)COCC(C)(C)Cn1cc(C[CH-]c2ccc(O[C@@H]3O[C@H](CO)[C@H](O)[C@H](O)[C@H]3O)c([N+](=O)[O-])c2)nn1.C[C-]=O.[Mo+2]. The van der Waals surface area contributed by atoms with Gasteiger partial charge in [0.15, 0.2) is 5.75 Å². The van der Waals surface area contributed by atoms with E-state index in [-0.39, 0.29) is 43.3 Å². The zero-order valence-electron chi connectivity index (χ0n) is 26.0. The van der Waals surface area contributed by atoms with E-state index in [4.69, 9.17) is 19.0 Å². The summed E-state index contributed by atoms with van der Waals surface area (Å²) in [4.78, 5) is 19.8. The van der Waals surface area contributed by atoms with Gasteiger partial charge in [-0.1, -0.05) is 52.0 Å². The molecule has 0 bridgehead atoms. The third-order valence-electron chi connectivity index (χ3n) is 6.94. The zero-order chi connectivity index (χ0) is 32.4. The number of aliphatic hydroxyl groups excluding tert-OH is 4. The molecule has 15 heteroatoms. The third-order valence-corrected chi connectivity index (χ3v) is 6.94. The maximum Gasteiger partial charge on any atom is 2.00 e. The normalized spacial score (nSPS) is 21.8. The van der Waals surface area contributed by atoms with E-state index in [1.807, 2.05) is 6.20 Å². The number of ether oxygens (including phenoxy) is 3. The van der Waals surface area contributed by atoms with Gasteiger partial charge in [0.2, 0.25) is 6.29 Å². The van der Waals surface area contributed by atoms with Crippen LogP contribution in [0, 0.1) is 27.4 Å². The Morgan fingerprint density at radius 1 is 1.14 bits per heavy atom. The molecule has 1 aromatic heterocycles. The number of rotatable bonds is 14. The van der Waals surface area contributed by atoms with Gasteiger partial charge in [0, 0.05) is 18.2 Å². The standard InChI is InChI=1S/C27H41N4O9.C2H3O.Mo/c1-6-26(2,3)15-38-16-27(4,5)14-30-12-18(28-29-30)9-7-17-8-10-20(19(11-17)31(36)37)39-25-24(35)23(34)22(33)21(13-32)40-25;1-2-3;/h7-8,10-12,21-25,32-35H,6,9,13-16H2,1-5H3;1H3;/q2*-1;+2/t21-,22+,23+,24-,25-;;/m1../s1. The molecule has 0 radical (unpaired) electrons. The van der Waals surface area contributed by atoms with Gasteiger partial charge in [0.1, 0.15) is 24.4 Å². The fraction of sp³-hybridized carbons (Fsp3) is 0.655. The number of hydrogen-bond donors (Lipinski definition) is 4. The Morgan fingerprint density at radius 3 is 2.36 bits per heavy atom. The van der Waals surface area contributed by atoms with Crippen LogP contribution in [0.25, 0.3) is 0 Å². The Balaban J connectivity index is 0.00000232. The average Bonchev–Trinajstić information content (AvgIpc) is 3.39. The molecular weight excluding hydrogens is 660 g/mol. The molecule has 5 atom stereocenters. The van der Waals surface area contributed by atoms with Crippen molar-refractivity contribution in [1.29, 1.82) is 0 Å². The summed E-state index contributed by atoms with van der Waals surface area (Å²) >= 11 is 0. The van der Waals surface area contributed by atoms with Crippen LogP contribution < -0.4 is 4.74 Å². The molecule has 44 heavy (non-hydrogen) atoms. The molecule has 1 fully saturated rings. The molecule has 3 rings (SSSR count). The monoisotopic (exact) mass is 706 g/mol. The van der Waals surface area contributed by atoms with Crippen LogP contribution >= 0.6 is 0 Å². The smallest absolute Gasteiger partial charge is 0.542 e. The predicted molar refractivity (Wildman–Crippen MR) is 155 cm³/mol. The number of carbonyl (C=O) groups excluding carboxylic acids is 1. The van der Waals surface area contributed by atoms with E-state index in [0.717, 1.165) is 6.42 Å². The summed E-state index contributed by atoms with van der Waals surface area (Å²) in [6.07, 6.45) is -1.14. The Hall–Kier alpha value is -2.45. The van der Waals surface area contributed by atoms with Crippen molar-refractivity contribution < 1.29 is 65.4 Å². The first kappa shape index (κ1) is 39.6. The van der Waals surface area contributed by atoms with Crippen LogP contribution in [0.2, 0.25) is 0 Å². The van der Waals surface area contributed by atoms with Gasteiger partial charge in [-0.25, -0.2) is 0 Å². The molecule has 0 aliphatic carbocycles. The summed E-state index contributed by atoms with van der Waals surface area (Å²) in [5, 5.41) is 59.6. The minimum Gasteiger partial charge on any atom is -0.542 e. The molecule has 246 valence electrons. The van der Waals surface area contributed by atoms with Gasteiger partial charge in [0.05, 0.1) is 30.4 Å². The van der Waals surface area contributed by atoms with Gasteiger partial charge in [-0.2, -0.15) is 25.0 Å². The summed E-state index contributed by atoms with van der Waals surface area (Å²) in [6, 6.07) is 4.25. The van der Waals surface area contributed by atoms with E-state index in [0.29, 0.717) is 37.4 Å². The van der Waals surface area contributed by atoms with Crippen molar-refractivity contribution >= 4 is 12.0 Å². The topological polar surface area (TPSA) is 200 Å². The van der Waals surface area contributed by atoms with Crippen LogP contribution in [-0.4, -0.2) is 97.2 Å². The van der Waals surface area contributed by atoms with Gasteiger partial charge >= 0.3 is 21.1 Å². The second-order valence-electron chi connectivity index (χ2n) is 12.0. The quantitative estimate of drug-likeness (QED) is 0.0963. The minimum absolute atomic E-state index is 0. The summed E-state index contributed by atoms with van der Waals surface area (Å²) in [5.74, 6) is -0.204. The number of aliphatic hydroxyl groups is 4. The molecule has 2 heterocycles. The van der Waals surface area contributed by atoms with Gasteiger partial charge in [-0.05, 0) is 18.3 Å². The van der Waals surface area contributed by atoms with Crippen molar-refractivity contribution in [3.63, 3.8) is 0 Å². The molecule has 0 unspecified atom stereocenters. The number of nitro benzene ring substituents is 1. The second-order valence-corrected chi connectivity index (χ2v) is 12.0. The van der Waals surface area contributed by atoms with Crippen molar-refractivity contribution in [3.8, 4) is 5.75 Å². The maximum absolute atomic E-state index is 11.7. The molecule has 2 aromatic rings. The van der Waals surface area contributed by atoms with Crippen molar-refractivity contribution in [2.45, 2.75) is 91.6 Å². The Bertz CT molecular complexity index is 1180. The molecule has 1 saturated heterocycles. The van der Waals surface area contributed by atoms with E-state index in [1.165, 1.54) is 25.3 Å². The number of nitrogens with zero attached hydrogens (tertiary/aromatic N) is 4. The van der Waals surface area contributed by atoms with Crippen LogP contribution in [-0.2, 0) is 48.3 Å². The fourth-order valence-electron chi connectivity index (χ4n) is 4.12. The minimum atomic E-state index is -1.69. The van der Waals surface area contributed by atoms with Crippen molar-refractivity contribution in [3.05, 3.63) is 52.2 Å². The Labute approximate surface area is 272 Å². The zero-order valence-corrected chi connectivity index (χ0v) is 28.0. The summed E-state index contributed by atoms with van der Waals surface area (Å²) in [6.45, 7) is 13.3. The Kier molecular flexibility index (Phi) is 16.1. The van der Waals surface area contributed by atoms with E-state index in [2.05, 4.69) is 44.9 Å². The van der Waals surface area contributed by atoms with Crippen LogP contribution in [0.1, 0.15) is 59.2 Å². The summed E-state index contributed by atoms with van der Waals surface area (Å²) < 4.78 is 18.5. The molecule has 14 nitrogen and oxygen atoms in total. The molecule has 1 aromatic carbocycles. The van der Waals surface area contributed by atoms with Crippen LogP contribution in [0.4, 0.5) is 5.69 Å². The van der Waals surface area contributed by atoms with Gasteiger partial charge in [-0.3, -0.25) is 21.1 Å². The molecule has 1 aliphatic heterocycles. The fourth-order valence-corrected chi connectivity index (χ4v) is 4.12.